The molecule has 22 heavy (non-hydrogen) atoms. The Labute approximate surface area is 132 Å². The van der Waals surface area contributed by atoms with Crippen LogP contribution in [0, 0.1) is 12.8 Å². The minimum absolute atomic E-state index is 0.0172. The summed E-state index contributed by atoms with van der Waals surface area (Å²) in [7, 11) is -3.14. The van der Waals surface area contributed by atoms with Crippen LogP contribution in [0.4, 0.5) is 5.69 Å². The third kappa shape index (κ3) is 4.30. The van der Waals surface area contributed by atoms with Gasteiger partial charge in [0.05, 0.1) is 5.75 Å². The van der Waals surface area contributed by atoms with Crippen molar-refractivity contribution in [3.05, 3.63) is 29.8 Å². The first-order valence-electron chi connectivity index (χ1n) is 7.77. The number of carbonyl (C=O) groups excluding carboxylic acids is 1. The molecule has 2 rings (SSSR count). The Morgan fingerprint density at radius 3 is 2.36 bits per heavy atom. The van der Waals surface area contributed by atoms with Gasteiger partial charge >= 0.3 is 0 Å². The zero-order chi connectivity index (χ0) is 16.2. The monoisotopic (exact) mass is 324 g/mol. The predicted octanol–water partition coefficient (Wildman–Crippen LogP) is 2.39. The smallest absolute Gasteiger partial charge is 0.227 e. The quantitative estimate of drug-likeness (QED) is 0.904. The van der Waals surface area contributed by atoms with E-state index in [2.05, 4.69) is 5.32 Å². The van der Waals surface area contributed by atoms with Gasteiger partial charge in [-0.3, -0.25) is 4.79 Å². The number of carbonyl (C=O) groups is 1. The molecule has 1 heterocycles. The molecule has 1 aromatic carbocycles. The van der Waals surface area contributed by atoms with E-state index < -0.39 is 10.0 Å². The van der Waals surface area contributed by atoms with E-state index in [0.717, 1.165) is 11.3 Å². The number of rotatable bonds is 5. The number of amides is 1. The maximum Gasteiger partial charge on any atom is 0.227 e. The molecular formula is C16H24N2O3S. The van der Waals surface area contributed by atoms with Crippen molar-refractivity contribution in [2.24, 2.45) is 5.92 Å². The summed E-state index contributed by atoms with van der Waals surface area (Å²) in [6.45, 7) is 4.74. The summed E-state index contributed by atoms with van der Waals surface area (Å²) in [5.74, 6) is 0.0542. The first-order chi connectivity index (χ1) is 10.4. The fraction of sp³-hybridized carbons (Fsp3) is 0.562. The van der Waals surface area contributed by atoms with Crippen molar-refractivity contribution in [1.29, 1.82) is 0 Å². The number of nitrogens with zero attached hydrogens (tertiary/aromatic N) is 1. The van der Waals surface area contributed by atoms with Crippen molar-refractivity contribution in [2.45, 2.75) is 33.1 Å². The van der Waals surface area contributed by atoms with Crippen molar-refractivity contribution in [1.82, 2.24) is 4.31 Å². The number of hydrogen-bond acceptors (Lipinski definition) is 3. The van der Waals surface area contributed by atoms with Crippen LogP contribution in [-0.2, 0) is 14.8 Å². The van der Waals surface area contributed by atoms with E-state index in [-0.39, 0.29) is 17.6 Å². The van der Waals surface area contributed by atoms with E-state index in [4.69, 9.17) is 0 Å². The Morgan fingerprint density at radius 2 is 1.82 bits per heavy atom. The maximum atomic E-state index is 12.3. The number of sulfonamides is 1. The second kappa shape index (κ2) is 7.24. The molecule has 0 radical (unpaired) electrons. The van der Waals surface area contributed by atoms with Crippen molar-refractivity contribution in [3.63, 3.8) is 0 Å². The van der Waals surface area contributed by atoms with E-state index in [1.54, 1.807) is 0 Å². The van der Waals surface area contributed by atoms with Crippen LogP contribution in [-0.4, -0.2) is 37.5 Å². The lowest BCUT2D eigenvalue weighted by atomic mass is 9.97. The van der Waals surface area contributed by atoms with Gasteiger partial charge in [-0.2, -0.15) is 0 Å². The highest BCUT2D eigenvalue weighted by molar-refractivity contribution is 7.89. The van der Waals surface area contributed by atoms with Gasteiger partial charge in [0.15, 0.2) is 0 Å². The fourth-order valence-electron chi connectivity index (χ4n) is 2.66. The number of benzene rings is 1. The molecule has 1 saturated heterocycles. The second-order valence-corrected chi connectivity index (χ2v) is 7.93. The van der Waals surface area contributed by atoms with Crippen LogP contribution < -0.4 is 5.32 Å². The molecule has 0 spiro atoms. The highest BCUT2D eigenvalue weighted by Crippen LogP contribution is 2.22. The van der Waals surface area contributed by atoms with Crippen LogP contribution in [0.25, 0.3) is 0 Å². The zero-order valence-corrected chi connectivity index (χ0v) is 14.0. The highest BCUT2D eigenvalue weighted by atomic mass is 32.2. The van der Waals surface area contributed by atoms with Crippen molar-refractivity contribution >= 4 is 21.6 Å². The Balaban J connectivity index is 1.88. The van der Waals surface area contributed by atoms with Gasteiger partial charge in [0.25, 0.3) is 0 Å². The summed E-state index contributed by atoms with van der Waals surface area (Å²) in [6, 6.07) is 7.67. The van der Waals surface area contributed by atoms with Crippen LogP contribution in [0.5, 0.6) is 0 Å². The zero-order valence-electron chi connectivity index (χ0n) is 13.2. The van der Waals surface area contributed by atoms with Crippen molar-refractivity contribution < 1.29 is 13.2 Å². The molecule has 5 nitrogen and oxygen atoms in total. The number of aryl methyl sites for hydroxylation is 1. The van der Waals surface area contributed by atoms with Crippen molar-refractivity contribution in [3.8, 4) is 0 Å². The third-order valence-electron chi connectivity index (χ3n) is 4.00. The summed E-state index contributed by atoms with van der Waals surface area (Å²) in [6.07, 6.45) is 1.79. The Morgan fingerprint density at radius 1 is 1.23 bits per heavy atom. The maximum absolute atomic E-state index is 12.3. The number of anilines is 1. The van der Waals surface area contributed by atoms with Gasteiger partial charge in [-0.15, -0.1) is 0 Å². The largest absolute Gasteiger partial charge is 0.326 e. The second-order valence-electron chi connectivity index (χ2n) is 5.84. The standard InChI is InChI=1S/C16H24N2O3S/c1-3-12-22(20,21)18-10-8-14(9-11-18)16(19)17-15-6-4-13(2)5-7-15/h4-7,14H,3,8-12H2,1-2H3,(H,17,19). The van der Waals surface area contributed by atoms with Gasteiger partial charge < -0.3 is 5.32 Å². The number of piperidine rings is 1. The van der Waals surface area contributed by atoms with E-state index in [1.165, 1.54) is 4.31 Å². The normalized spacial score (nSPS) is 17.4. The van der Waals surface area contributed by atoms with Crippen LogP contribution in [0.2, 0.25) is 0 Å². The molecule has 0 bridgehead atoms. The summed E-state index contributed by atoms with van der Waals surface area (Å²) in [5.41, 5.74) is 1.93. The van der Waals surface area contributed by atoms with Gasteiger partial charge in [0, 0.05) is 24.7 Å². The Hall–Kier alpha value is -1.40. The first-order valence-corrected chi connectivity index (χ1v) is 9.38. The van der Waals surface area contributed by atoms with Gasteiger partial charge in [-0.05, 0) is 38.3 Å². The molecule has 122 valence electrons. The minimum atomic E-state index is -3.14. The summed E-state index contributed by atoms with van der Waals surface area (Å²) in [5, 5.41) is 2.91. The average Bonchev–Trinajstić information content (AvgIpc) is 2.49. The number of hydrogen-bond donors (Lipinski definition) is 1. The van der Waals surface area contributed by atoms with Crippen LogP contribution in [0.3, 0.4) is 0 Å². The molecule has 0 saturated carbocycles. The Kier molecular flexibility index (Phi) is 5.58. The van der Waals surface area contributed by atoms with Gasteiger partial charge in [-0.1, -0.05) is 24.6 Å². The molecule has 0 aromatic heterocycles. The molecule has 1 aliphatic rings. The van der Waals surface area contributed by atoms with Crippen LogP contribution in [0.1, 0.15) is 31.7 Å². The van der Waals surface area contributed by atoms with Crippen LogP contribution in [0.15, 0.2) is 24.3 Å². The molecule has 1 N–H and O–H groups in total. The SMILES string of the molecule is CCCS(=O)(=O)N1CCC(C(=O)Nc2ccc(C)cc2)CC1. The van der Waals surface area contributed by atoms with E-state index in [0.29, 0.717) is 32.4 Å². The fourth-order valence-corrected chi connectivity index (χ4v) is 4.21. The third-order valence-corrected chi connectivity index (χ3v) is 6.08. The summed E-state index contributed by atoms with van der Waals surface area (Å²) in [4.78, 5) is 12.3. The number of nitrogens with one attached hydrogen (secondary N) is 1. The molecule has 0 aliphatic carbocycles. The van der Waals surface area contributed by atoms with E-state index >= 15 is 0 Å². The summed E-state index contributed by atoms with van der Waals surface area (Å²) < 4.78 is 25.5. The minimum Gasteiger partial charge on any atom is -0.326 e. The topological polar surface area (TPSA) is 66.5 Å². The van der Waals surface area contributed by atoms with Gasteiger partial charge in [0.2, 0.25) is 15.9 Å². The van der Waals surface area contributed by atoms with Gasteiger partial charge in [0.1, 0.15) is 0 Å². The molecule has 0 atom stereocenters. The van der Waals surface area contributed by atoms with Gasteiger partial charge in [-0.25, -0.2) is 12.7 Å². The highest BCUT2D eigenvalue weighted by Gasteiger charge is 2.30. The predicted molar refractivity (Wildman–Crippen MR) is 88.2 cm³/mol. The molecule has 1 amide bonds. The average molecular weight is 324 g/mol. The summed E-state index contributed by atoms with van der Waals surface area (Å²) >= 11 is 0. The van der Waals surface area contributed by atoms with Crippen molar-refractivity contribution in [2.75, 3.05) is 24.2 Å². The van der Waals surface area contributed by atoms with E-state index in [1.807, 2.05) is 38.1 Å². The first kappa shape index (κ1) is 17.0. The molecule has 1 fully saturated rings. The molecule has 6 heteroatoms. The molecular weight excluding hydrogens is 300 g/mol. The van der Waals surface area contributed by atoms with Crippen LogP contribution >= 0.6 is 0 Å². The van der Waals surface area contributed by atoms with E-state index in [9.17, 15) is 13.2 Å². The lowest BCUT2D eigenvalue weighted by molar-refractivity contribution is -0.120. The molecule has 1 aliphatic heterocycles. The molecule has 0 unspecified atom stereocenters. The lowest BCUT2D eigenvalue weighted by Gasteiger charge is -2.30. The lowest BCUT2D eigenvalue weighted by Crippen LogP contribution is -2.42. The molecule has 1 aromatic rings. The Bertz CT molecular complexity index is 603.